The molecule has 3 nitrogen and oxygen atoms in total. The Labute approximate surface area is 96.7 Å². The van der Waals surface area contributed by atoms with Gasteiger partial charge in [-0.15, -0.1) is 0 Å². The predicted octanol–water partition coefficient (Wildman–Crippen LogP) is 1.88. The fourth-order valence-corrected chi connectivity index (χ4v) is 2.22. The molecular formula is C13H17N3. The van der Waals surface area contributed by atoms with Crippen molar-refractivity contribution < 1.29 is 0 Å². The van der Waals surface area contributed by atoms with Crippen molar-refractivity contribution in [3.8, 4) is 6.07 Å². The number of benzene rings is 1. The summed E-state index contributed by atoms with van der Waals surface area (Å²) >= 11 is 0. The van der Waals surface area contributed by atoms with Gasteiger partial charge >= 0.3 is 0 Å². The largest absolute Gasteiger partial charge is 0.370 e. The fraction of sp³-hybridized carbons (Fsp3) is 0.462. The van der Waals surface area contributed by atoms with Crippen molar-refractivity contribution in [3.63, 3.8) is 0 Å². The number of hydrogen-bond donors (Lipinski definition) is 1. The van der Waals surface area contributed by atoms with Crippen LogP contribution in [0.15, 0.2) is 18.2 Å². The van der Waals surface area contributed by atoms with Gasteiger partial charge in [0.2, 0.25) is 0 Å². The minimum absolute atomic E-state index is 0.801. The molecule has 0 amide bonds. The van der Waals surface area contributed by atoms with Crippen LogP contribution in [-0.2, 0) is 6.54 Å². The molecule has 1 aliphatic heterocycles. The average molecular weight is 215 g/mol. The van der Waals surface area contributed by atoms with Gasteiger partial charge in [0.15, 0.2) is 0 Å². The number of rotatable bonds is 3. The van der Waals surface area contributed by atoms with E-state index in [9.17, 15) is 5.26 Å². The van der Waals surface area contributed by atoms with Crippen molar-refractivity contribution in [2.75, 3.05) is 25.0 Å². The van der Waals surface area contributed by atoms with E-state index in [1.54, 1.807) is 0 Å². The van der Waals surface area contributed by atoms with Gasteiger partial charge in [-0.25, -0.2) is 0 Å². The van der Waals surface area contributed by atoms with Gasteiger partial charge in [0, 0.05) is 19.6 Å². The molecule has 2 rings (SSSR count). The Morgan fingerprint density at radius 1 is 1.38 bits per heavy atom. The van der Waals surface area contributed by atoms with E-state index in [1.807, 2.05) is 13.1 Å². The third kappa shape index (κ3) is 2.17. The van der Waals surface area contributed by atoms with Gasteiger partial charge in [0.25, 0.3) is 0 Å². The Hall–Kier alpha value is -1.53. The summed E-state index contributed by atoms with van der Waals surface area (Å²) in [4.78, 5) is 2.31. The van der Waals surface area contributed by atoms with Crippen LogP contribution in [0.2, 0.25) is 0 Å². The standard InChI is InChI=1S/C13H17N3/c1-15-10-11-4-5-13(12(8-11)9-14)16-6-2-3-7-16/h4-5,8,15H,2-3,6-7,10H2,1H3. The molecule has 0 aromatic heterocycles. The molecule has 0 unspecified atom stereocenters. The topological polar surface area (TPSA) is 39.1 Å². The molecule has 1 aliphatic rings. The highest BCUT2D eigenvalue weighted by Crippen LogP contribution is 2.25. The third-order valence-corrected chi connectivity index (χ3v) is 3.01. The molecule has 0 spiro atoms. The van der Waals surface area contributed by atoms with Gasteiger partial charge in [-0.05, 0) is 37.6 Å². The number of nitriles is 1. The molecule has 1 fully saturated rings. The van der Waals surface area contributed by atoms with E-state index in [0.717, 1.165) is 30.9 Å². The lowest BCUT2D eigenvalue weighted by molar-refractivity contribution is 0.817. The molecule has 0 aliphatic carbocycles. The lowest BCUT2D eigenvalue weighted by Gasteiger charge is -2.19. The van der Waals surface area contributed by atoms with E-state index in [1.165, 1.54) is 18.4 Å². The quantitative estimate of drug-likeness (QED) is 0.836. The lowest BCUT2D eigenvalue weighted by Crippen LogP contribution is -2.19. The second-order valence-electron chi connectivity index (χ2n) is 4.19. The van der Waals surface area contributed by atoms with Crippen LogP contribution in [0.1, 0.15) is 24.0 Å². The molecule has 1 saturated heterocycles. The van der Waals surface area contributed by atoms with E-state index in [2.05, 4.69) is 28.4 Å². The monoisotopic (exact) mass is 215 g/mol. The highest BCUT2D eigenvalue weighted by molar-refractivity contribution is 5.60. The van der Waals surface area contributed by atoms with E-state index in [0.29, 0.717) is 0 Å². The number of anilines is 1. The molecule has 3 heteroatoms. The van der Waals surface area contributed by atoms with Gasteiger partial charge < -0.3 is 10.2 Å². The van der Waals surface area contributed by atoms with Crippen molar-refractivity contribution >= 4 is 5.69 Å². The molecule has 1 N–H and O–H groups in total. The summed E-state index contributed by atoms with van der Waals surface area (Å²) in [6, 6.07) is 8.47. The van der Waals surface area contributed by atoms with Crippen LogP contribution >= 0.6 is 0 Å². The Morgan fingerprint density at radius 2 is 2.12 bits per heavy atom. The SMILES string of the molecule is CNCc1ccc(N2CCCC2)c(C#N)c1. The Balaban J connectivity index is 2.28. The summed E-state index contributed by atoms with van der Waals surface area (Å²) in [6.07, 6.45) is 2.48. The Bertz CT molecular complexity index is 400. The fourth-order valence-electron chi connectivity index (χ4n) is 2.22. The lowest BCUT2D eigenvalue weighted by atomic mass is 10.1. The molecule has 1 aromatic rings. The minimum atomic E-state index is 0.801. The molecule has 0 bridgehead atoms. The first-order valence-electron chi connectivity index (χ1n) is 5.77. The van der Waals surface area contributed by atoms with Crippen LogP contribution in [0.5, 0.6) is 0 Å². The maximum Gasteiger partial charge on any atom is 0.101 e. The maximum absolute atomic E-state index is 9.17. The van der Waals surface area contributed by atoms with Crippen molar-refractivity contribution in [1.29, 1.82) is 5.26 Å². The Morgan fingerprint density at radius 3 is 2.75 bits per heavy atom. The molecule has 0 radical (unpaired) electrons. The zero-order chi connectivity index (χ0) is 11.4. The summed E-state index contributed by atoms with van der Waals surface area (Å²) in [6.45, 7) is 2.98. The molecular weight excluding hydrogens is 198 g/mol. The van der Waals surface area contributed by atoms with Crippen LogP contribution < -0.4 is 10.2 Å². The van der Waals surface area contributed by atoms with E-state index < -0.39 is 0 Å². The summed E-state index contributed by atoms with van der Waals surface area (Å²) in [7, 11) is 1.92. The third-order valence-electron chi connectivity index (χ3n) is 3.01. The van der Waals surface area contributed by atoms with Crippen LogP contribution in [0.25, 0.3) is 0 Å². The molecule has 1 aromatic carbocycles. The molecule has 1 heterocycles. The van der Waals surface area contributed by atoms with Crippen LogP contribution in [0, 0.1) is 11.3 Å². The normalized spacial score (nSPS) is 15.1. The first-order valence-corrected chi connectivity index (χ1v) is 5.77. The van der Waals surface area contributed by atoms with Crippen LogP contribution in [0.4, 0.5) is 5.69 Å². The van der Waals surface area contributed by atoms with Crippen molar-refractivity contribution in [1.82, 2.24) is 5.32 Å². The number of hydrogen-bond acceptors (Lipinski definition) is 3. The smallest absolute Gasteiger partial charge is 0.101 e. The minimum Gasteiger partial charge on any atom is -0.370 e. The number of nitrogens with zero attached hydrogens (tertiary/aromatic N) is 2. The van der Waals surface area contributed by atoms with Gasteiger partial charge in [0.05, 0.1) is 11.3 Å². The highest BCUT2D eigenvalue weighted by Gasteiger charge is 2.15. The summed E-state index contributed by atoms with van der Waals surface area (Å²) in [5, 5.41) is 12.3. The van der Waals surface area contributed by atoms with Gasteiger partial charge in [0.1, 0.15) is 6.07 Å². The second-order valence-corrected chi connectivity index (χ2v) is 4.19. The van der Waals surface area contributed by atoms with Crippen molar-refractivity contribution in [3.05, 3.63) is 29.3 Å². The molecule has 16 heavy (non-hydrogen) atoms. The first kappa shape index (κ1) is 11.0. The summed E-state index contributed by atoms with van der Waals surface area (Å²) in [5.74, 6) is 0. The molecule has 0 atom stereocenters. The zero-order valence-electron chi connectivity index (χ0n) is 9.66. The predicted molar refractivity (Wildman–Crippen MR) is 65.4 cm³/mol. The van der Waals surface area contributed by atoms with Crippen molar-refractivity contribution in [2.24, 2.45) is 0 Å². The van der Waals surface area contributed by atoms with E-state index in [-0.39, 0.29) is 0 Å². The van der Waals surface area contributed by atoms with Crippen molar-refractivity contribution in [2.45, 2.75) is 19.4 Å². The maximum atomic E-state index is 9.17. The first-order chi connectivity index (χ1) is 7.85. The highest BCUT2D eigenvalue weighted by atomic mass is 15.1. The van der Waals surface area contributed by atoms with Gasteiger partial charge in [-0.2, -0.15) is 5.26 Å². The van der Waals surface area contributed by atoms with Gasteiger partial charge in [-0.1, -0.05) is 6.07 Å². The molecule has 0 saturated carbocycles. The van der Waals surface area contributed by atoms with E-state index >= 15 is 0 Å². The van der Waals surface area contributed by atoms with E-state index in [4.69, 9.17) is 0 Å². The van der Waals surface area contributed by atoms with Gasteiger partial charge in [-0.3, -0.25) is 0 Å². The zero-order valence-corrected chi connectivity index (χ0v) is 9.66. The molecule has 84 valence electrons. The Kier molecular flexibility index (Phi) is 3.43. The average Bonchev–Trinajstić information content (AvgIpc) is 2.83. The second kappa shape index (κ2) is 5.00. The van der Waals surface area contributed by atoms with Crippen LogP contribution in [0.3, 0.4) is 0 Å². The summed E-state index contributed by atoms with van der Waals surface area (Å²) in [5.41, 5.74) is 3.07. The number of nitrogens with one attached hydrogen (secondary N) is 1. The summed E-state index contributed by atoms with van der Waals surface area (Å²) < 4.78 is 0. The van der Waals surface area contributed by atoms with Crippen LogP contribution in [-0.4, -0.2) is 20.1 Å².